The Labute approximate surface area is 244 Å². The van der Waals surface area contributed by atoms with E-state index in [1.807, 2.05) is 0 Å². The van der Waals surface area contributed by atoms with Gasteiger partial charge in [-0.25, -0.2) is 0 Å². The number of para-hydroxylation sites is 1. The third-order valence-corrected chi connectivity index (χ3v) is 8.35. The third-order valence-electron chi connectivity index (χ3n) is 8.35. The van der Waals surface area contributed by atoms with Crippen LogP contribution in [-0.4, -0.2) is 4.57 Å². The highest BCUT2D eigenvalue weighted by atomic mass is 15.0. The Morgan fingerprint density at radius 2 is 1.12 bits per heavy atom. The van der Waals surface area contributed by atoms with Crippen LogP contribution in [-0.2, 0) is 7.05 Å². The number of pyridine rings is 1. The molecule has 0 aliphatic rings. The molecule has 6 rings (SSSR count). The molecule has 0 saturated carbocycles. The quantitative estimate of drug-likeness (QED) is 0.188. The number of fused-ring (bicyclic) bond motifs is 1. The highest BCUT2D eigenvalue weighted by Crippen LogP contribution is 2.42. The van der Waals surface area contributed by atoms with Crippen molar-refractivity contribution in [1.29, 1.82) is 0 Å². The van der Waals surface area contributed by atoms with Crippen molar-refractivity contribution in [3.63, 3.8) is 0 Å². The zero-order valence-corrected chi connectivity index (χ0v) is 25.0. The lowest BCUT2D eigenvalue weighted by Crippen LogP contribution is -2.31. The maximum atomic E-state index is 2.56. The van der Waals surface area contributed by atoms with Gasteiger partial charge in [-0.05, 0) is 76.4 Å². The van der Waals surface area contributed by atoms with Gasteiger partial charge in [0, 0.05) is 17.0 Å². The Bertz CT molecular complexity index is 1810. The average Bonchev–Trinajstić information content (AvgIpc) is 3.28. The molecule has 0 N–H and O–H groups in total. The van der Waals surface area contributed by atoms with E-state index in [2.05, 4.69) is 166 Å². The third kappa shape index (κ3) is 4.78. The first kappa shape index (κ1) is 26.8. The largest absolute Gasteiger partial charge is 0.303 e. The Hall–Kier alpha value is -4.43. The number of nitrogens with zero attached hydrogens (tertiary/aromatic N) is 2. The van der Waals surface area contributed by atoms with E-state index in [1.54, 1.807) is 0 Å². The smallest absolute Gasteiger partial charge is 0.229 e. The van der Waals surface area contributed by atoms with Crippen LogP contribution in [0.4, 0.5) is 0 Å². The molecular formula is C39H39N2+. The molecule has 2 heteroatoms. The minimum absolute atomic E-state index is 0.356. The zero-order chi connectivity index (χ0) is 28.7. The molecule has 2 nitrogen and oxygen atoms in total. The number of aryl methyl sites for hydroxylation is 2. The maximum Gasteiger partial charge on any atom is 0.229 e. The van der Waals surface area contributed by atoms with Crippen molar-refractivity contribution in [2.45, 2.75) is 46.5 Å². The van der Waals surface area contributed by atoms with Crippen molar-refractivity contribution < 1.29 is 4.57 Å². The van der Waals surface area contributed by atoms with Crippen LogP contribution in [0.3, 0.4) is 0 Å². The lowest BCUT2D eigenvalue weighted by Gasteiger charge is -2.24. The van der Waals surface area contributed by atoms with Gasteiger partial charge in [0.05, 0.1) is 11.2 Å². The van der Waals surface area contributed by atoms with Gasteiger partial charge in [-0.2, -0.15) is 4.57 Å². The zero-order valence-electron chi connectivity index (χ0n) is 25.0. The first-order chi connectivity index (χ1) is 19.8. The number of benzene rings is 4. The van der Waals surface area contributed by atoms with Crippen LogP contribution in [0.15, 0.2) is 115 Å². The van der Waals surface area contributed by atoms with E-state index >= 15 is 0 Å². The van der Waals surface area contributed by atoms with Gasteiger partial charge in [0.2, 0.25) is 5.69 Å². The van der Waals surface area contributed by atoms with Crippen molar-refractivity contribution in [1.82, 2.24) is 4.57 Å². The fourth-order valence-corrected chi connectivity index (χ4v) is 6.21. The van der Waals surface area contributed by atoms with Crippen LogP contribution < -0.4 is 4.57 Å². The summed E-state index contributed by atoms with van der Waals surface area (Å²) in [7, 11) is 2.18. The van der Waals surface area contributed by atoms with Gasteiger partial charge in [0.15, 0.2) is 6.20 Å². The second-order valence-electron chi connectivity index (χ2n) is 11.8. The molecule has 6 aromatic rings. The van der Waals surface area contributed by atoms with E-state index in [1.165, 1.54) is 66.9 Å². The van der Waals surface area contributed by atoms with Crippen molar-refractivity contribution >= 4 is 10.9 Å². The molecule has 0 saturated heterocycles. The lowest BCUT2D eigenvalue weighted by atomic mass is 9.88. The summed E-state index contributed by atoms with van der Waals surface area (Å²) in [5.74, 6) is 0.712. The highest BCUT2D eigenvalue weighted by molar-refractivity contribution is 5.93. The van der Waals surface area contributed by atoms with Gasteiger partial charge in [0.1, 0.15) is 12.7 Å². The van der Waals surface area contributed by atoms with E-state index < -0.39 is 0 Å². The average molecular weight is 536 g/mol. The lowest BCUT2D eigenvalue weighted by molar-refractivity contribution is -0.660. The molecule has 0 aliphatic carbocycles. The number of aromatic nitrogens is 2. The van der Waals surface area contributed by atoms with Crippen molar-refractivity contribution in [3.8, 4) is 39.3 Å². The standard InChI is InChI=1S/C39H39N2/c1-26(2)34-23-32(30-17-11-8-12-18-30)24-35(27(3)4)39(34)41-36-20-14-13-19-33(36)28(5)38(41)37-22-21-31(25-40(37)6)29-15-9-7-10-16-29/h7-27H,1-6H3/q+1. The monoisotopic (exact) mass is 535 g/mol. The SMILES string of the molecule is Cc1c(-c2ccc(-c3ccccc3)c[n+]2C)n(-c2c(C(C)C)cc(-c3ccccc3)cc2C(C)C)c2ccccc12. The van der Waals surface area contributed by atoms with Gasteiger partial charge in [-0.1, -0.05) is 107 Å². The minimum Gasteiger partial charge on any atom is -0.303 e. The number of hydrogen-bond donors (Lipinski definition) is 0. The molecule has 2 aromatic heterocycles. The van der Waals surface area contributed by atoms with Crippen molar-refractivity contribution in [2.24, 2.45) is 7.05 Å². The highest BCUT2D eigenvalue weighted by Gasteiger charge is 2.27. The van der Waals surface area contributed by atoms with Crippen LogP contribution in [0.5, 0.6) is 0 Å². The predicted octanol–water partition coefficient (Wildman–Crippen LogP) is 10.0. The van der Waals surface area contributed by atoms with E-state index in [0.717, 1.165) is 0 Å². The molecule has 204 valence electrons. The fraction of sp³-hybridized carbons (Fsp3) is 0.205. The summed E-state index contributed by atoms with van der Waals surface area (Å²) in [5, 5.41) is 1.30. The Kier molecular flexibility index (Phi) is 7.09. The van der Waals surface area contributed by atoms with Crippen molar-refractivity contribution in [2.75, 3.05) is 0 Å². The summed E-state index contributed by atoms with van der Waals surface area (Å²) in [6.45, 7) is 11.6. The summed E-state index contributed by atoms with van der Waals surface area (Å²) in [6, 6.07) is 39.7. The Morgan fingerprint density at radius 1 is 0.585 bits per heavy atom. The van der Waals surface area contributed by atoms with Crippen LogP contribution in [0.25, 0.3) is 50.2 Å². The topological polar surface area (TPSA) is 8.81 Å². The van der Waals surface area contributed by atoms with Gasteiger partial charge >= 0.3 is 0 Å². The van der Waals surface area contributed by atoms with Crippen LogP contribution in [0, 0.1) is 6.92 Å². The molecular weight excluding hydrogens is 496 g/mol. The van der Waals surface area contributed by atoms with Crippen LogP contribution in [0.2, 0.25) is 0 Å². The molecule has 0 spiro atoms. The second-order valence-corrected chi connectivity index (χ2v) is 11.8. The molecule has 0 unspecified atom stereocenters. The number of rotatable bonds is 6. The van der Waals surface area contributed by atoms with E-state index in [0.29, 0.717) is 11.8 Å². The molecule has 41 heavy (non-hydrogen) atoms. The van der Waals surface area contributed by atoms with Gasteiger partial charge in [0.25, 0.3) is 0 Å². The van der Waals surface area contributed by atoms with E-state index in [-0.39, 0.29) is 0 Å². The maximum absolute atomic E-state index is 2.56. The molecule has 0 aliphatic heterocycles. The molecule has 0 amide bonds. The van der Waals surface area contributed by atoms with Gasteiger partial charge in [-0.15, -0.1) is 0 Å². The molecule has 0 atom stereocenters. The Balaban J connectivity index is 1.67. The summed E-state index contributed by atoms with van der Waals surface area (Å²) in [6.07, 6.45) is 2.26. The predicted molar refractivity (Wildman–Crippen MR) is 174 cm³/mol. The van der Waals surface area contributed by atoms with Crippen LogP contribution in [0.1, 0.15) is 56.2 Å². The second kappa shape index (κ2) is 10.9. The van der Waals surface area contributed by atoms with E-state index in [4.69, 9.17) is 0 Å². The normalized spacial score (nSPS) is 11.6. The minimum atomic E-state index is 0.356. The summed E-state index contributed by atoms with van der Waals surface area (Å²) in [5.41, 5.74) is 14.1. The van der Waals surface area contributed by atoms with Gasteiger partial charge in [-0.3, -0.25) is 0 Å². The Morgan fingerprint density at radius 3 is 1.68 bits per heavy atom. The van der Waals surface area contributed by atoms with Crippen LogP contribution >= 0.6 is 0 Å². The first-order valence-electron chi connectivity index (χ1n) is 14.7. The summed E-state index contributed by atoms with van der Waals surface area (Å²) < 4.78 is 4.85. The van der Waals surface area contributed by atoms with Crippen molar-refractivity contribution in [3.05, 3.63) is 132 Å². The first-order valence-corrected chi connectivity index (χ1v) is 14.7. The molecule has 0 fully saturated rings. The molecule has 2 heterocycles. The molecule has 0 bridgehead atoms. The fourth-order valence-electron chi connectivity index (χ4n) is 6.21. The van der Waals surface area contributed by atoms with E-state index in [9.17, 15) is 0 Å². The molecule has 4 aromatic carbocycles. The molecule has 0 radical (unpaired) electrons. The summed E-state index contributed by atoms with van der Waals surface area (Å²) >= 11 is 0. The number of hydrogen-bond acceptors (Lipinski definition) is 0. The van der Waals surface area contributed by atoms with Gasteiger partial charge < -0.3 is 4.57 Å². The summed E-state index contributed by atoms with van der Waals surface area (Å²) in [4.78, 5) is 0.